The molecule has 2 aromatic carbocycles. The summed E-state index contributed by atoms with van der Waals surface area (Å²) in [5.74, 6) is -2.36. The van der Waals surface area contributed by atoms with Crippen molar-refractivity contribution in [3.8, 4) is 0 Å². The molecule has 2 aliphatic heterocycles. The first-order valence-corrected chi connectivity index (χ1v) is 19.6. The minimum atomic E-state index is -3.88. The second-order valence-electron chi connectivity index (χ2n) is 12.9. The number of hydrogen-bond donors (Lipinski definition) is 7. The van der Waals surface area contributed by atoms with Crippen molar-refractivity contribution in [1.82, 2.24) is 15.5 Å². The van der Waals surface area contributed by atoms with E-state index in [0.29, 0.717) is 43.9 Å². The molecule has 13 nitrogen and oxygen atoms in total. The predicted molar refractivity (Wildman–Crippen MR) is 194 cm³/mol. The molecular weight excluding hydrogens is 691 g/mol. The van der Waals surface area contributed by atoms with E-state index in [1.807, 2.05) is 30.3 Å². The Morgan fingerprint density at radius 2 is 1.84 bits per heavy atom. The maximum Gasteiger partial charge on any atom is 0.246 e. The van der Waals surface area contributed by atoms with Crippen molar-refractivity contribution in [2.24, 2.45) is 11.7 Å². The zero-order valence-electron chi connectivity index (χ0n) is 27.7. The van der Waals surface area contributed by atoms with Gasteiger partial charge in [0.25, 0.3) is 0 Å². The highest BCUT2D eigenvalue weighted by Crippen LogP contribution is 2.42. The van der Waals surface area contributed by atoms with Gasteiger partial charge in [-0.25, -0.2) is 0 Å². The second-order valence-corrected chi connectivity index (χ2v) is 16.5. The number of alkyl halides is 1. The van der Waals surface area contributed by atoms with Gasteiger partial charge in [0.15, 0.2) is 0 Å². The summed E-state index contributed by atoms with van der Waals surface area (Å²) in [6.45, 7) is 4.35. The van der Waals surface area contributed by atoms with Crippen LogP contribution in [-0.4, -0.2) is 94.5 Å². The molecule has 2 unspecified atom stereocenters. The first kappa shape index (κ1) is 38.6. The molecule has 2 aliphatic rings. The van der Waals surface area contributed by atoms with Crippen molar-refractivity contribution in [1.29, 1.82) is 0 Å². The van der Waals surface area contributed by atoms with E-state index in [4.69, 9.17) is 17.3 Å². The predicted octanol–water partition coefficient (Wildman–Crippen LogP) is 3.00. The third-order valence-electron chi connectivity index (χ3n) is 8.90. The summed E-state index contributed by atoms with van der Waals surface area (Å²) >= 11 is 10.3. The maximum absolute atomic E-state index is 13.8. The van der Waals surface area contributed by atoms with Gasteiger partial charge in [0.1, 0.15) is 12.1 Å². The Morgan fingerprint density at radius 3 is 2.47 bits per heavy atom. The SMILES string of the molecule is CC(C)[C@H](NC(=O)CCP(=O)(O)CCN1C(=O)CC(S)C1=O)C(=O)N[C@@H](CCCCN)C(=O)Nc1cc2c(c3ccccc13)[C@H](CCl)CN2. The number of likely N-dealkylation sites (tertiary alicyclic amines) is 1. The van der Waals surface area contributed by atoms with Crippen molar-refractivity contribution in [3.63, 3.8) is 0 Å². The van der Waals surface area contributed by atoms with Crippen LogP contribution in [0, 0.1) is 5.92 Å². The molecular formula is C33H46ClN6O7PS. The zero-order valence-corrected chi connectivity index (χ0v) is 30.3. The summed E-state index contributed by atoms with van der Waals surface area (Å²) in [4.78, 5) is 75.6. The third-order valence-corrected chi connectivity index (χ3v) is 11.5. The molecule has 0 radical (unpaired) electrons. The van der Waals surface area contributed by atoms with Gasteiger partial charge in [-0.1, -0.05) is 38.1 Å². The Morgan fingerprint density at radius 1 is 1.12 bits per heavy atom. The molecule has 1 fully saturated rings. The maximum atomic E-state index is 13.8. The lowest BCUT2D eigenvalue weighted by atomic mass is 9.94. The summed E-state index contributed by atoms with van der Waals surface area (Å²) in [7, 11) is -3.88. The fourth-order valence-electron chi connectivity index (χ4n) is 6.12. The fraction of sp³-hybridized carbons (Fsp3) is 0.545. The zero-order chi connectivity index (χ0) is 35.9. The quantitative estimate of drug-likeness (QED) is 0.0419. The number of nitrogens with two attached hydrogens (primary N) is 1. The van der Waals surface area contributed by atoms with Crippen LogP contribution in [0.2, 0.25) is 0 Å². The molecule has 268 valence electrons. The number of carbonyl (C=O) groups excluding carboxylic acids is 5. The smallest absolute Gasteiger partial charge is 0.246 e. The van der Waals surface area contributed by atoms with Crippen LogP contribution in [0.4, 0.5) is 11.4 Å². The van der Waals surface area contributed by atoms with Crippen LogP contribution < -0.4 is 27.0 Å². The monoisotopic (exact) mass is 736 g/mol. The van der Waals surface area contributed by atoms with E-state index in [-0.39, 0.29) is 37.4 Å². The number of imide groups is 1. The number of rotatable bonds is 17. The number of thiol groups is 1. The van der Waals surface area contributed by atoms with Crippen LogP contribution >= 0.6 is 31.6 Å². The van der Waals surface area contributed by atoms with Gasteiger partial charge in [0, 0.05) is 61.1 Å². The Labute approximate surface area is 296 Å². The molecule has 0 aromatic heterocycles. The number of carbonyl (C=O) groups is 5. The first-order chi connectivity index (χ1) is 23.3. The van der Waals surface area contributed by atoms with Crippen molar-refractivity contribution in [3.05, 3.63) is 35.9 Å². The lowest BCUT2D eigenvalue weighted by Crippen LogP contribution is -2.54. The molecule has 5 amide bonds. The Balaban J connectivity index is 1.41. The number of halogens is 1. The fourth-order valence-corrected chi connectivity index (χ4v) is 7.97. The molecule has 7 N–H and O–H groups in total. The van der Waals surface area contributed by atoms with Crippen molar-refractivity contribution >= 4 is 83.3 Å². The number of amides is 5. The molecule has 2 aromatic rings. The van der Waals surface area contributed by atoms with Gasteiger partial charge in [-0.2, -0.15) is 12.6 Å². The van der Waals surface area contributed by atoms with Gasteiger partial charge in [-0.05, 0) is 48.7 Å². The number of unbranched alkanes of at least 4 members (excludes halogenated alkanes) is 1. The number of nitrogens with zero attached hydrogens (tertiary/aromatic N) is 1. The molecule has 0 bridgehead atoms. The van der Waals surface area contributed by atoms with Crippen molar-refractivity contribution < 1.29 is 33.4 Å². The summed E-state index contributed by atoms with van der Waals surface area (Å²) in [5.41, 5.74) is 8.28. The summed E-state index contributed by atoms with van der Waals surface area (Å²) in [6.07, 6.45) is 0.364. The van der Waals surface area contributed by atoms with Crippen LogP contribution in [-0.2, 0) is 28.5 Å². The topological polar surface area (TPSA) is 200 Å². The third kappa shape index (κ3) is 9.76. The highest BCUT2D eigenvalue weighted by molar-refractivity contribution is 7.81. The largest absolute Gasteiger partial charge is 0.384 e. The lowest BCUT2D eigenvalue weighted by Gasteiger charge is -2.26. The van der Waals surface area contributed by atoms with Gasteiger partial charge >= 0.3 is 0 Å². The van der Waals surface area contributed by atoms with Gasteiger partial charge < -0.3 is 31.9 Å². The molecule has 4 rings (SSSR count). The minimum Gasteiger partial charge on any atom is -0.384 e. The first-order valence-electron chi connectivity index (χ1n) is 16.6. The highest BCUT2D eigenvalue weighted by atomic mass is 35.5. The molecule has 1 saturated heterocycles. The summed E-state index contributed by atoms with van der Waals surface area (Å²) < 4.78 is 12.8. The summed E-state index contributed by atoms with van der Waals surface area (Å²) in [6, 6.07) is 7.67. The Hall–Kier alpha value is -3.16. The Kier molecular flexibility index (Phi) is 13.5. The number of nitrogens with one attached hydrogen (secondary N) is 4. The highest BCUT2D eigenvalue weighted by Gasteiger charge is 2.37. The van der Waals surface area contributed by atoms with E-state index in [9.17, 15) is 33.4 Å². The Bertz CT molecular complexity index is 1630. The van der Waals surface area contributed by atoms with Crippen LogP contribution in [0.15, 0.2) is 30.3 Å². The van der Waals surface area contributed by atoms with Crippen LogP contribution in [0.5, 0.6) is 0 Å². The average Bonchev–Trinajstić information content (AvgIpc) is 3.59. The van der Waals surface area contributed by atoms with E-state index in [2.05, 4.69) is 33.9 Å². The van der Waals surface area contributed by atoms with Crippen LogP contribution in [0.3, 0.4) is 0 Å². The second kappa shape index (κ2) is 17.2. The standard InChI is InChI=1S/C33H46ClN6O7PS/c1-19(2)30(39-27(41)10-13-48(46,47)14-12-40-28(42)16-26(49)33(40)45)32(44)37-23(9-5-6-11-35)31(43)38-24-15-25-29(20(17-34)18-36-25)22-8-4-3-7-21(22)24/h3-4,7-8,15,19-20,23,26,30,36,49H,5-6,9-14,16-18,35H2,1-2H3,(H,37,44)(H,38,43)(H,39,41)(H,46,47)/t20-,23+,26?,30+/m1/s1. The number of fused-ring (bicyclic) bond motifs is 3. The van der Waals surface area contributed by atoms with Gasteiger partial charge in [-0.3, -0.25) is 33.4 Å². The van der Waals surface area contributed by atoms with Crippen molar-refractivity contribution in [2.75, 3.05) is 48.5 Å². The van der Waals surface area contributed by atoms with Gasteiger partial charge in [-0.15, -0.1) is 11.6 Å². The van der Waals surface area contributed by atoms with Crippen molar-refractivity contribution in [2.45, 2.75) is 69.2 Å². The normalized spacial score (nSPS) is 19.7. The van der Waals surface area contributed by atoms with E-state index in [0.717, 1.165) is 26.9 Å². The molecule has 0 spiro atoms. The van der Waals surface area contributed by atoms with Crippen LogP contribution in [0.25, 0.3) is 10.8 Å². The number of benzene rings is 2. The van der Waals surface area contributed by atoms with E-state index < -0.39 is 60.4 Å². The molecule has 2 heterocycles. The number of hydrogen-bond acceptors (Lipinski definition) is 9. The molecule has 0 saturated carbocycles. The van der Waals surface area contributed by atoms with E-state index in [1.165, 1.54) is 0 Å². The molecule has 49 heavy (non-hydrogen) atoms. The minimum absolute atomic E-state index is 0.0634. The van der Waals surface area contributed by atoms with Gasteiger partial charge in [0.05, 0.1) is 10.9 Å². The molecule has 0 aliphatic carbocycles. The molecule has 16 heteroatoms. The van der Waals surface area contributed by atoms with E-state index in [1.54, 1.807) is 13.8 Å². The van der Waals surface area contributed by atoms with E-state index >= 15 is 0 Å². The lowest BCUT2D eigenvalue weighted by molar-refractivity contribution is -0.138. The average molecular weight is 737 g/mol. The van der Waals surface area contributed by atoms with Crippen LogP contribution in [0.1, 0.15) is 57.4 Å². The molecule has 5 atom stereocenters. The number of anilines is 2. The van der Waals surface area contributed by atoms with Gasteiger partial charge in [0.2, 0.25) is 36.9 Å². The summed E-state index contributed by atoms with van der Waals surface area (Å²) in [5, 5.41) is 12.9.